The molecule has 0 radical (unpaired) electrons. The summed E-state index contributed by atoms with van der Waals surface area (Å²) in [6.07, 6.45) is 3.00. The number of aromatic nitrogens is 5. The third-order valence-corrected chi connectivity index (χ3v) is 5.19. The summed E-state index contributed by atoms with van der Waals surface area (Å²) in [5.41, 5.74) is 2.10. The molecular weight excluding hydrogens is 410 g/mol. The fraction of sp³-hybridized carbons (Fsp3) is 0.200. The zero-order chi connectivity index (χ0) is 20.9. The minimum absolute atomic E-state index is 0.105. The van der Waals surface area contributed by atoms with Crippen LogP contribution in [0.25, 0.3) is 11.0 Å². The Kier molecular flexibility index (Phi) is 6.03. The fourth-order valence-electron chi connectivity index (χ4n) is 3.19. The molecule has 1 amide bonds. The van der Waals surface area contributed by atoms with Gasteiger partial charge in [-0.05, 0) is 29.5 Å². The van der Waals surface area contributed by atoms with Crippen LogP contribution in [-0.2, 0) is 17.9 Å². The Hall–Kier alpha value is -3.27. The number of amides is 1. The van der Waals surface area contributed by atoms with Crippen molar-refractivity contribution in [2.75, 3.05) is 0 Å². The summed E-state index contributed by atoms with van der Waals surface area (Å²) in [5, 5.41) is 7.19. The number of para-hydroxylation sites is 2. The van der Waals surface area contributed by atoms with Crippen molar-refractivity contribution in [1.82, 2.24) is 29.6 Å². The smallest absolute Gasteiger partial charge is 0.291 e. The Morgan fingerprint density at radius 2 is 1.87 bits per heavy atom. The average Bonchev–Trinajstić information content (AvgIpc) is 3.36. The van der Waals surface area contributed by atoms with Gasteiger partial charge in [0, 0.05) is 0 Å². The quantitative estimate of drug-likeness (QED) is 0.435. The molecule has 0 saturated heterocycles. The molecule has 0 saturated carbocycles. The summed E-state index contributed by atoms with van der Waals surface area (Å²) >= 11 is 0.328. The number of halogens is 2. The van der Waals surface area contributed by atoms with Gasteiger partial charge in [-0.15, -0.1) is 0 Å². The van der Waals surface area contributed by atoms with Crippen molar-refractivity contribution >= 4 is 28.7 Å². The van der Waals surface area contributed by atoms with Gasteiger partial charge < -0.3 is 9.88 Å². The van der Waals surface area contributed by atoms with Crippen LogP contribution in [0.15, 0.2) is 72.4 Å². The van der Waals surface area contributed by atoms with Crippen LogP contribution < -0.4 is 5.32 Å². The SMILES string of the molecule is O=C(Cn1c(SC(F)F)nc2ccccc21)NC(Cn1cncn1)c1ccccc1. The zero-order valence-corrected chi connectivity index (χ0v) is 16.5. The number of carbonyl (C=O) groups is 1. The van der Waals surface area contributed by atoms with E-state index in [4.69, 9.17) is 0 Å². The highest BCUT2D eigenvalue weighted by atomic mass is 32.2. The number of nitrogens with zero attached hydrogens (tertiary/aromatic N) is 5. The molecule has 154 valence electrons. The van der Waals surface area contributed by atoms with Gasteiger partial charge in [0.15, 0.2) is 5.16 Å². The van der Waals surface area contributed by atoms with E-state index >= 15 is 0 Å². The molecule has 30 heavy (non-hydrogen) atoms. The van der Waals surface area contributed by atoms with Gasteiger partial charge in [0.1, 0.15) is 19.2 Å². The number of benzene rings is 2. The number of rotatable bonds is 8. The van der Waals surface area contributed by atoms with E-state index in [-0.39, 0.29) is 23.7 Å². The summed E-state index contributed by atoms with van der Waals surface area (Å²) < 4.78 is 29.1. The molecule has 0 fully saturated rings. The van der Waals surface area contributed by atoms with Gasteiger partial charge >= 0.3 is 0 Å². The molecular formula is C20H18F2N6OS. The molecule has 0 aliphatic heterocycles. The first-order valence-electron chi connectivity index (χ1n) is 9.17. The number of thioether (sulfide) groups is 1. The van der Waals surface area contributed by atoms with E-state index in [1.807, 2.05) is 30.3 Å². The monoisotopic (exact) mass is 428 g/mol. The first-order valence-corrected chi connectivity index (χ1v) is 10.0. The highest BCUT2D eigenvalue weighted by Gasteiger charge is 2.20. The Labute approximate surface area is 175 Å². The first-order chi connectivity index (χ1) is 14.6. The fourth-order valence-corrected chi connectivity index (χ4v) is 3.79. The van der Waals surface area contributed by atoms with Gasteiger partial charge in [-0.2, -0.15) is 13.9 Å². The van der Waals surface area contributed by atoms with Crippen LogP contribution in [0.5, 0.6) is 0 Å². The largest absolute Gasteiger partial charge is 0.346 e. The van der Waals surface area contributed by atoms with Crippen molar-refractivity contribution in [2.24, 2.45) is 0 Å². The molecule has 0 aliphatic rings. The molecule has 1 unspecified atom stereocenters. The zero-order valence-electron chi connectivity index (χ0n) is 15.7. The van der Waals surface area contributed by atoms with Gasteiger partial charge in [0.25, 0.3) is 5.76 Å². The van der Waals surface area contributed by atoms with Gasteiger partial charge in [0.2, 0.25) is 5.91 Å². The topological polar surface area (TPSA) is 77.6 Å². The van der Waals surface area contributed by atoms with Gasteiger partial charge in [-0.1, -0.05) is 42.5 Å². The van der Waals surface area contributed by atoms with Crippen LogP contribution in [0.2, 0.25) is 0 Å². The standard InChI is InChI=1S/C20H18F2N6OS/c21-19(22)30-20-26-15-8-4-5-9-17(15)28(20)11-18(29)25-16(10-27-13-23-12-24-27)14-6-2-1-3-7-14/h1-9,12-13,16,19H,10-11H2,(H,25,29). The lowest BCUT2D eigenvalue weighted by atomic mass is 10.1. The number of hydrogen-bond acceptors (Lipinski definition) is 5. The summed E-state index contributed by atoms with van der Waals surface area (Å²) in [6, 6.07) is 16.2. The summed E-state index contributed by atoms with van der Waals surface area (Å²) in [4.78, 5) is 21.1. The third-order valence-electron chi connectivity index (χ3n) is 4.49. The van der Waals surface area contributed by atoms with E-state index in [9.17, 15) is 13.6 Å². The van der Waals surface area contributed by atoms with E-state index in [1.54, 1.807) is 35.3 Å². The lowest BCUT2D eigenvalue weighted by Crippen LogP contribution is -2.34. The number of fused-ring (bicyclic) bond motifs is 1. The van der Waals surface area contributed by atoms with Gasteiger partial charge in [-0.3, -0.25) is 9.48 Å². The maximum absolute atomic E-state index is 13.0. The van der Waals surface area contributed by atoms with Gasteiger partial charge in [0.05, 0.1) is 23.6 Å². The average molecular weight is 428 g/mol. The number of carbonyl (C=O) groups excluding carboxylic acids is 1. The molecule has 1 N–H and O–H groups in total. The van der Waals surface area contributed by atoms with Crippen LogP contribution in [0.1, 0.15) is 11.6 Å². The second-order valence-corrected chi connectivity index (χ2v) is 7.45. The van der Waals surface area contributed by atoms with Crippen LogP contribution in [-0.4, -0.2) is 36.0 Å². The maximum Gasteiger partial charge on any atom is 0.291 e. The van der Waals surface area contributed by atoms with Crippen LogP contribution in [0, 0.1) is 0 Å². The summed E-state index contributed by atoms with van der Waals surface area (Å²) in [7, 11) is 0. The highest BCUT2D eigenvalue weighted by Crippen LogP contribution is 2.28. The highest BCUT2D eigenvalue weighted by molar-refractivity contribution is 7.99. The minimum Gasteiger partial charge on any atom is -0.346 e. The Morgan fingerprint density at radius 1 is 1.10 bits per heavy atom. The first kappa shape index (κ1) is 20.0. The van der Waals surface area contributed by atoms with E-state index in [1.165, 1.54) is 10.9 Å². The minimum atomic E-state index is -2.63. The predicted octanol–water partition coefficient (Wildman–Crippen LogP) is 3.50. The number of hydrogen-bond donors (Lipinski definition) is 1. The molecule has 2 heterocycles. The number of nitrogens with one attached hydrogen (secondary N) is 1. The molecule has 0 spiro atoms. The van der Waals surface area contributed by atoms with Gasteiger partial charge in [-0.25, -0.2) is 9.97 Å². The normalized spacial score (nSPS) is 12.4. The Morgan fingerprint density at radius 3 is 2.60 bits per heavy atom. The molecule has 10 heteroatoms. The molecule has 0 aliphatic carbocycles. The van der Waals surface area contributed by atoms with Crippen molar-refractivity contribution in [3.05, 3.63) is 72.8 Å². The molecule has 2 aromatic carbocycles. The van der Waals surface area contributed by atoms with E-state index in [0.29, 0.717) is 29.3 Å². The lowest BCUT2D eigenvalue weighted by Gasteiger charge is -2.20. The second kappa shape index (κ2) is 9.04. The van der Waals surface area contributed by atoms with Crippen molar-refractivity contribution in [1.29, 1.82) is 0 Å². The van der Waals surface area contributed by atoms with E-state index in [0.717, 1.165) is 5.56 Å². The molecule has 4 aromatic rings. The predicted molar refractivity (Wildman–Crippen MR) is 109 cm³/mol. The molecule has 7 nitrogen and oxygen atoms in total. The Bertz CT molecular complexity index is 1120. The van der Waals surface area contributed by atoms with Crippen molar-refractivity contribution in [3.63, 3.8) is 0 Å². The second-order valence-electron chi connectivity index (χ2n) is 6.50. The van der Waals surface area contributed by atoms with Crippen molar-refractivity contribution in [2.45, 2.75) is 30.0 Å². The molecule has 1 atom stereocenters. The van der Waals surface area contributed by atoms with E-state index < -0.39 is 5.76 Å². The molecule has 4 rings (SSSR count). The Balaban J connectivity index is 1.58. The van der Waals surface area contributed by atoms with Crippen molar-refractivity contribution < 1.29 is 13.6 Å². The van der Waals surface area contributed by atoms with Crippen LogP contribution in [0.3, 0.4) is 0 Å². The molecule has 0 bridgehead atoms. The van der Waals surface area contributed by atoms with Crippen LogP contribution >= 0.6 is 11.8 Å². The summed E-state index contributed by atoms with van der Waals surface area (Å²) in [6.45, 7) is 0.259. The molecule has 2 aromatic heterocycles. The maximum atomic E-state index is 13.0. The number of alkyl halides is 2. The third kappa shape index (κ3) is 4.65. The van der Waals surface area contributed by atoms with Crippen molar-refractivity contribution in [3.8, 4) is 0 Å². The number of imidazole rings is 1. The van der Waals surface area contributed by atoms with Crippen LogP contribution in [0.4, 0.5) is 8.78 Å². The summed E-state index contributed by atoms with van der Waals surface area (Å²) in [5.74, 6) is -2.95. The lowest BCUT2D eigenvalue weighted by molar-refractivity contribution is -0.122. The van der Waals surface area contributed by atoms with E-state index in [2.05, 4.69) is 20.4 Å².